The molecule has 1 aliphatic heterocycles. The number of thioether (sulfide) groups is 1. The number of anilines is 1. The van der Waals surface area contributed by atoms with E-state index in [0.29, 0.717) is 5.69 Å². The van der Waals surface area contributed by atoms with Crippen LogP contribution in [-0.2, 0) is 0 Å². The number of nitrogens with zero attached hydrogens (tertiary/aromatic N) is 1. The summed E-state index contributed by atoms with van der Waals surface area (Å²) in [6.45, 7) is 0. The first-order valence-electron chi connectivity index (χ1n) is 6.57. The van der Waals surface area contributed by atoms with Crippen molar-refractivity contribution in [2.75, 3.05) is 11.1 Å². The SMILES string of the molecule is O=[N+]([O-])c1ccc(NC2CCSc3ccccc32)cc1F. The molecule has 6 heteroatoms. The molecule has 0 fully saturated rings. The summed E-state index contributed by atoms with van der Waals surface area (Å²) >= 11 is 1.81. The fraction of sp³-hybridized carbons (Fsp3) is 0.200. The van der Waals surface area contributed by atoms with Crippen molar-refractivity contribution in [2.45, 2.75) is 17.4 Å². The Hall–Kier alpha value is -2.08. The number of nitro benzene ring substituents is 1. The van der Waals surface area contributed by atoms with Crippen LogP contribution >= 0.6 is 11.8 Å². The van der Waals surface area contributed by atoms with Gasteiger partial charge >= 0.3 is 5.69 Å². The largest absolute Gasteiger partial charge is 0.378 e. The summed E-state index contributed by atoms with van der Waals surface area (Å²) in [6, 6.07) is 12.1. The van der Waals surface area contributed by atoms with E-state index in [2.05, 4.69) is 17.4 Å². The number of halogens is 1. The van der Waals surface area contributed by atoms with Gasteiger partial charge in [-0.15, -0.1) is 11.8 Å². The van der Waals surface area contributed by atoms with E-state index in [9.17, 15) is 14.5 Å². The lowest BCUT2D eigenvalue weighted by atomic mass is 10.0. The molecule has 1 N–H and O–H groups in total. The maximum absolute atomic E-state index is 13.7. The van der Waals surface area contributed by atoms with Gasteiger partial charge in [-0.2, -0.15) is 4.39 Å². The molecule has 1 heterocycles. The molecule has 4 nitrogen and oxygen atoms in total. The van der Waals surface area contributed by atoms with Gasteiger partial charge in [-0.1, -0.05) is 18.2 Å². The zero-order valence-corrected chi connectivity index (χ0v) is 11.9. The number of nitrogens with one attached hydrogen (secondary N) is 1. The average Bonchev–Trinajstić information content (AvgIpc) is 2.47. The zero-order valence-electron chi connectivity index (χ0n) is 11.1. The number of hydrogen-bond acceptors (Lipinski definition) is 4. The number of benzene rings is 2. The lowest BCUT2D eigenvalue weighted by Gasteiger charge is -2.26. The highest BCUT2D eigenvalue weighted by atomic mass is 32.2. The van der Waals surface area contributed by atoms with Crippen LogP contribution in [0.25, 0.3) is 0 Å². The second-order valence-corrected chi connectivity index (χ2v) is 5.93. The Morgan fingerprint density at radius 3 is 2.86 bits per heavy atom. The Bertz CT molecular complexity index is 693. The van der Waals surface area contributed by atoms with E-state index in [1.54, 1.807) is 6.07 Å². The Morgan fingerprint density at radius 1 is 1.29 bits per heavy atom. The summed E-state index contributed by atoms with van der Waals surface area (Å²) in [4.78, 5) is 11.1. The highest BCUT2D eigenvalue weighted by molar-refractivity contribution is 7.99. The summed E-state index contributed by atoms with van der Waals surface area (Å²) < 4.78 is 13.7. The van der Waals surface area contributed by atoms with E-state index in [0.717, 1.165) is 12.2 Å². The number of rotatable bonds is 3. The molecule has 1 aliphatic rings. The predicted molar refractivity (Wildman–Crippen MR) is 81.2 cm³/mol. The summed E-state index contributed by atoms with van der Waals surface area (Å²) in [7, 11) is 0. The Balaban J connectivity index is 1.85. The van der Waals surface area contributed by atoms with Gasteiger partial charge in [0.15, 0.2) is 0 Å². The Labute approximate surface area is 125 Å². The molecule has 1 atom stereocenters. The van der Waals surface area contributed by atoms with Gasteiger partial charge in [0.25, 0.3) is 0 Å². The molecule has 0 spiro atoms. The standard InChI is InChI=1S/C15H13FN2O2S/c16-12-9-10(5-6-14(12)18(19)20)17-13-7-8-21-15-4-2-1-3-11(13)15/h1-6,9,13,17H,7-8H2. The van der Waals surface area contributed by atoms with Crippen molar-refractivity contribution in [2.24, 2.45) is 0 Å². The van der Waals surface area contributed by atoms with E-state index in [1.807, 2.05) is 23.9 Å². The molecule has 0 radical (unpaired) electrons. The normalized spacial score (nSPS) is 17.1. The van der Waals surface area contributed by atoms with Crippen LogP contribution in [0.1, 0.15) is 18.0 Å². The molecule has 0 saturated heterocycles. The molecule has 1 unspecified atom stereocenters. The molecule has 108 valence electrons. The molecule has 21 heavy (non-hydrogen) atoms. The van der Waals surface area contributed by atoms with Gasteiger partial charge in [0, 0.05) is 28.5 Å². The number of hydrogen-bond donors (Lipinski definition) is 1. The van der Waals surface area contributed by atoms with Crippen LogP contribution < -0.4 is 5.32 Å². The van der Waals surface area contributed by atoms with Gasteiger partial charge in [-0.3, -0.25) is 10.1 Å². The molecule has 3 rings (SSSR count). The van der Waals surface area contributed by atoms with Crippen LogP contribution in [0.3, 0.4) is 0 Å². The average molecular weight is 304 g/mol. The lowest BCUT2D eigenvalue weighted by molar-refractivity contribution is -0.387. The highest BCUT2D eigenvalue weighted by Gasteiger charge is 2.21. The topological polar surface area (TPSA) is 55.2 Å². The molecule has 0 aliphatic carbocycles. The molecule has 0 saturated carbocycles. The van der Waals surface area contributed by atoms with E-state index in [-0.39, 0.29) is 6.04 Å². The number of nitro groups is 1. The first-order valence-corrected chi connectivity index (χ1v) is 7.56. The summed E-state index contributed by atoms with van der Waals surface area (Å²) in [6.07, 6.45) is 0.931. The van der Waals surface area contributed by atoms with Crippen LogP contribution in [0.2, 0.25) is 0 Å². The van der Waals surface area contributed by atoms with Crippen molar-refractivity contribution in [3.8, 4) is 0 Å². The molecule has 0 amide bonds. The van der Waals surface area contributed by atoms with Crippen molar-refractivity contribution >= 4 is 23.1 Å². The third-order valence-corrected chi connectivity index (χ3v) is 4.57. The van der Waals surface area contributed by atoms with Gasteiger partial charge < -0.3 is 5.32 Å². The Kier molecular flexibility index (Phi) is 3.79. The van der Waals surface area contributed by atoms with E-state index >= 15 is 0 Å². The van der Waals surface area contributed by atoms with E-state index in [4.69, 9.17) is 0 Å². The predicted octanol–water partition coefficient (Wildman–Crippen LogP) is 4.38. The maximum Gasteiger partial charge on any atom is 0.304 e. The Morgan fingerprint density at radius 2 is 2.10 bits per heavy atom. The van der Waals surface area contributed by atoms with Crippen molar-refractivity contribution < 1.29 is 9.31 Å². The second-order valence-electron chi connectivity index (χ2n) is 4.80. The minimum absolute atomic E-state index is 0.100. The van der Waals surface area contributed by atoms with E-state index in [1.165, 1.54) is 22.6 Å². The van der Waals surface area contributed by atoms with Crippen LogP contribution in [0.5, 0.6) is 0 Å². The van der Waals surface area contributed by atoms with E-state index < -0.39 is 16.4 Å². The smallest absolute Gasteiger partial charge is 0.304 e. The van der Waals surface area contributed by atoms with Gasteiger partial charge in [-0.05, 0) is 24.1 Å². The molecule has 2 aromatic rings. The third-order valence-electron chi connectivity index (χ3n) is 3.44. The summed E-state index contributed by atoms with van der Waals surface area (Å²) in [5, 5.41) is 13.9. The van der Waals surface area contributed by atoms with Crippen LogP contribution in [0, 0.1) is 15.9 Å². The fourth-order valence-corrected chi connectivity index (χ4v) is 3.56. The monoisotopic (exact) mass is 304 g/mol. The number of fused-ring (bicyclic) bond motifs is 1. The quantitative estimate of drug-likeness (QED) is 0.675. The van der Waals surface area contributed by atoms with Gasteiger partial charge in [0.1, 0.15) is 0 Å². The first kappa shape index (κ1) is 13.9. The van der Waals surface area contributed by atoms with Crippen molar-refractivity contribution in [1.82, 2.24) is 0 Å². The third kappa shape index (κ3) is 2.85. The van der Waals surface area contributed by atoms with Crippen molar-refractivity contribution in [1.29, 1.82) is 0 Å². The minimum Gasteiger partial charge on any atom is -0.378 e. The lowest BCUT2D eigenvalue weighted by Crippen LogP contribution is -2.16. The zero-order chi connectivity index (χ0) is 14.8. The molecule has 0 aromatic heterocycles. The molecular formula is C15H13FN2O2S. The van der Waals surface area contributed by atoms with Crippen LogP contribution in [0.15, 0.2) is 47.4 Å². The van der Waals surface area contributed by atoms with Gasteiger partial charge in [0.05, 0.1) is 11.0 Å². The summed E-state index contributed by atoms with van der Waals surface area (Å²) in [5.41, 5.74) is 1.25. The van der Waals surface area contributed by atoms with Crippen LogP contribution in [-0.4, -0.2) is 10.7 Å². The van der Waals surface area contributed by atoms with Gasteiger partial charge in [-0.25, -0.2) is 0 Å². The minimum atomic E-state index is -0.816. The summed E-state index contributed by atoms with van der Waals surface area (Å²) in [5.74, 6) is 0.174. The fourth-order valence-electron chi connectivity index (χ4n) is 2.44. The molecule has 2 aromatic carbocycles. The highest BCUT2D eigenvalue weighted by Crippen LogP contribution is 2.38. The van der Waals surface area contributed by atoms with Crippen LogP contribution in [0.4, 0.5) is 15.8 Å². The van der Waals surface area contributed by atoms with Crippen molar-refractivity contribution in [3.63, 3.8) is 0 Å². The first-order chi connectivity index (χ1) is 10.1. The molecular weight excluding hydrogens is 291 g/mol. The second kappa shape index (κ2) is 5.73. The van der Waals surface area contributed by atoms with Gasteiger partial charge in [0.2, 0.25) is 5.82 Å². The maximum atomic E-state index is 13.7. The van der Waals surface area contributed by atoms with Crippen molar-refractivity contribution in [3.05, 3.63) is 64.0 Å². The molecule has 0 bridgehead atoms.